The third-order valence-corrected chi connectivity index (χ3v) is 2.81. The van der Waals surface area contributed by atoms with Crippen LogP contribution in [0.4, 0.5) is 0 Å². The largest absolute Gasteiger partial charge is 0.440 e. The summed E-state index contributed by atoms with van der Waals surface area (Å²) in [5.41, 5.74) is 1.91. The Morgan fingerprint density at radius 3 is 2.69 bits per heavy atom. The van der Waals surface area contributed by atoms with Crippen LogP contribution in [0, 0.1) is 3.90 Å². The maximum Gasteiger partial charge on any atom is 0.257 e. The van der Waals surface area contributed by atoms with E-state index in [0.29, 0.717) is 3.90 Å². The molecule has 66 valence electrons. The number of rotatable bonds is 1. The molecular formula is C9H5BrINO. The van der Waals surface area contributed by atoms with E-state index in [1.54, 1.807) is 6.26 Å². The SMILES string of the molecule is Brc1ccccc1-c1coc(I)n1. The zero-order chi connectivity index (χ0) is 9.26. The number of benzene rings is 1. The zero-order valence-electron chi connectivity index (χ0n) is 6.50. The molecule has 0 spiro atoms. The van der Waals surface area contributed by atoms with Gasteiger partial charge >= 0.3 is 0 Å². The molecule has 0 saturated carbocycles. The van der Waals surface area contributed by atoms with Crippen LogP contribution >= 0.6 is 38.5 Å². The van der Waals surface area contributed by atoms with E-state index in [9.17, 15) is 0 Å². The van der Waals surface area contributed by atoms with Crippen molar-refractivity contribution in [3.63, 3.8) is 0 Å². The van der Waals surface area contributed by atoms with Crippen LogP contribution in [0.3, 0.4) is 0 Å². The fourth-order valence-electron chi connectivity index (χ4n) is 1.04. The molecule has 2 rings (SSSR count). The van der Waals surface area contributed by atoms with Crippen molar-refractivity contribution in [3.05, 3.63) is 38.9 Å². The summed E-state index contributed by atoms with van der Waals surface area (Å²) in [5, 5.41) is 0. The lowest BCUT2D eigenvalue weighted by Gasteiger charge is -1.97. The van der Waals surface area contributed by atoms with Gasteiger partial charge in [-0.3, -0.25) is 0 Å². The van der Waals surface area contributed by atoms with Crippen molar-refractivity contribution < 1.29 is 4.42 Å². The molecule has 0 unspecified atom stereocenters. The summed E-state index contributed by atoms with van der Waals surface area (Å²) >= 11 is 5.50. The second-order valence-corrected chi connectivity index (χ2v) is 4.24. The molecule has 0 bridgehead atoms. The number of nitrogens with zero attached hydrogens (tertiary/aromatic N) is 1. The summed E-state index contributed by atoms with van der Waals surface area (Å²) in [6.45, 7) is 0. The molecule has 0 amide bonds. The normalized spacial score (nSPS) is 10.3. The van der Waals surface area contributed by atoms with Crippen molar-refractivity contribution >= 4 is 38.5 Å². The molecule has 0 saturated heterocycles. The van der Waals surface area contributed by atoms with Crippen LogP contribution in [0.2, 0.25) is 0 Å². The highest BCUT2D eigenvalue weighted by molar-refractivity contribution is 14.1. The van der Waals surface area contributed by atoms with E-state index in [-0.39, 0.29) is 0 Å². The summed E-state index contributed by atoms with van der Waals surface area (Å²) in [6, 6.07) is 7.93. The molecule has 0 atom stereocenters. The average molecular weight is 350 g/mol. The van der Waals surface area contributed by atoms with Crippen LogP contribution in [0.15, 0.2) is 39.4 Å². The number of halogens is 2. The highest BCUT2D eigenvalue weighted by Crippen LogP contribution is 2.27. The summed E-state index contributed by atoms with van der Waals surface area (Å²) in [7, 11) is 0. The molecule has 1 aromatic carbocycles. The third kappa shape index (κ3) is 1.94. The van der Waals surface area contributed by atoms with Gasteiger partial charge in [-0.2, -0.15) is 0 Å². The van der Waals surface area contributed by atoms with E-state index >= 15 is 0 Å². The maximum atomic E-state index is 5.13. The van der Waals surface area contributed by atoms with Gasteiger partial charge in [0.15, 0.2) is 0 Å². The van der Waals surface area contributed by atoms with Crippen LogP contribution in [0.5, 0.6) is 0 Å². The lowest BCUT2D eigenvalue weighted by Crippen LogP contribution is -1.78. The standard InChI is InChI=1S/C9H5BrINO/c10-7-4-2-1-3-6(7)8-5-13-9(11)12-8/h1-5H. The van der Waals surface area contributed by atoms with E-state index in [1.165, 1.54) is 0 Å². The fourth-order valence-corrected chi connectivity index (χ4v) is 1.92. The van der Waals surface area contributed by atoms with Crippen molar-refractivity contribution in [2.24, 2.45) is 0 Å². The number of hydrogen-bond donors (Lipinski definition) is 0. The summed E-state index contributed by atoms with van der Waals surface area (Å²) < 4.78 is 6.81. The molecule has 0 N–H and O–H groups in total. The van der Waals surface area contributed by atoms with Gasteiger partial charge in [-0.1, -0.05) is 34.1 Å². The molecule has 13 heavy (non-hydrogen) atoms. The van der Waals surface area contributed by atoms with Crippen molar-refractivity contribution in [1.82, 2.24) is 4.98 Å². The molecule has 0 radical (unpaired) electrons. The Hall–Kier alpha value is -0.360. The second-order valence-electron chi connectivity index (χ2n) is 2.47. The predicted octanol–water partition coefficient (Wildman–Crippen LogP) is 3.71. The van der Waals surface area contributed by atoms with Gasteiger partial charge in [0.1, 0.15) is 12.0 Å². The smallest absolute Gasteiger partial charge is 0.257 e. The first-order valence-electron chi connectivity index (χ1n) is 3.63. The van der Waals surface area contributed by atoms with E-state index < -0.39 is 0 Å². The topological polar surface area (TPSA) is 26.0 Å². The Morgan fingerprint density at radius 2 is 2.08 bits per heavy atom. The third-order valence-electron chi connectivity index (χ3n) is 1.63. The fraction of sp³-hybridized carbons (Fsp3) is 0. The monoisotopic (exact) mass is 349 g/mol. The quantitative estimate of drug-likeness (QED) is 0.733. The Labute approximate surface area is 97.6 Å². The van der Waals surface area contributed by atoms with Gasteiger partial charge < -0.3 is 4.42 Å². The van der Waals surface area contributed by atoms with Crippen molar-refractivity contribution in [2.45, 2.75) is 0 Å². The van der Waals surface area contributed by atoms with Gasteiger partial charge in [0.2, 0.25) is 0 Å². The minimum Gasteiger partial charge on any atom is -0.440 e. The highest BCUT2D eigenvalue weighted by Gasteiger charge is 2.06. The van der Waals surface area contributed by atoms with Crippen LogP contribution in [0.1, 0.15) is 0 Å². The molecule has 0 fully saturated rings. The van der Waals surface area contributed by atoms with E-state index in [2.05, 4.69) is 20.9 Å². The van der Waals surface area contributed by atoms with E-state index in [4.69, 9.17) is 4.42 Å². The molecule has 0 aliphatic heterocycles. The van der Waals surface area contributed by atoms with Gasteiger partial charge in [0, 0.05) is 32.6 Å². The van der Waals surface area contributed by atoms with Gasteiger partial charge in [-0.15, -0.1) is 0 Å². The first kappa shape index (κ1) is 9.21. The Balaban J connectivity index is 2.52. The summed E-state index contributed by atoms with van der Waals surface area (Å²) in [4.78, 5) is 4.23. The molecule has 1 heterocycles. The van der Waals surface area contributed by atoms with Crippen molar-refractivity contribution in [2.75, 3.05) is 0 Å². The first-order valence-corrected chi connectivity index (χ1v) is 5.50. The highest BCUT2D eigenvalue weighted by atomic mass is 127. The van der Waals surface area contributed by atoms with Gasteiger partial charge in [-0.05, 0) is 6.07 Å². The first-order chi connectivity index (χ1) is 6.27. The molecule has 4 heteroatoms. The molecule has 2 aromatic rings. The van der Waals surface area contributed by atoms with Crippen LogP contribution in [-0.2, 0) is 0 Å². The molecule has 2 nitrogen and oxygen atoms in total. The summed E-state index contributed by atoms with van der Waals surface area (Å²) in [5.74, 6) is 0. The number of aromatic nitrogens is 1. The van der Waals surface area contributed by atoms with E-state index in [0.717, 1.165) is 15.7 Å². The molecule has 0 aliphatic carbocycles. The Morgan fingerprint density at radius 1 is 1.31 bits per heavy atom. The minimum atomic E-state index is 0.656. The lowest BCUT2D eigenvalue weighted by atomic mass is 10.2. The zero-order valence-corrected chi connectivity index (χ0v) is 10.2. The molecule has 0 aliphatic rings. The van der Waals surface area contributed by atoms with Crippen molar-refractivity contribution in [3.8, 4) is 11.3 Å². The number of hydrogen-bond acceptors (Lipinski definition) is 2. The van der Waals surface area contributed by atoms with Crippen LogP contribution in [0.25, 0.3) is 11.3 Å². The van der Waals surface area contributed by atoms with E-state index in [1.807, 2.05) is 46.9 Å². The van der Waals surface area contributed by atoms with Gasteiger partial charge in [0.05, 0.1) is 0 Å². The van der Waals surface area contributed by atoms with Gasteiger partial charge in [-0.25, -0.2) is 4.98 Å². The average Bonchev–Trinajstić information content (AvgIpc) is 2.53. The maximum absolute atomic E-state index is 5.13. The summed E-state index contributed by atoms with van der Waals surface area (Å²) in [6.07, 6.45) is 1.65. The van der Waals surface area contributed by atoms with Crippen LogP contribution in [-0.4, -0.2) is 4.98 Å². The minimum absolute atomic E-state index is 0.656. The number of oxazole rings is 1. The molecular weight excluding hydrogens is 345 g/mol. The Bertz CT molecular complexity index is 427. The second kappa shape index (κ2) is 3.79. The molecule has 1 aromatic heterocycles. The van der Waals surface area contributed by atoms with Crippen LogP contribution < -0.4 is 0 Å². The predicted molar refractivity (Wildman–Crippen MR) is 62.4 cm³/mol. The Kier molecular flexibility index (Phi) is 2.69. The van der Waals surface area contributed by atoms with Gasteiger partial charge in [0.25, 0.3) is 3.90 Å². The van der Waals surface area contributed by atoms with Crippen molar-refractivity contribution in [1.29, 1.82) is 0 Å². The lowest BCUT2D eigenvalue weighted by molar-refractivity contribution is 0.525.